The third-order valence-electron chi connectivity index (χ3n) is 2.78. The SMILES string of the molecule is Nc1cccc(/C=C/C(=O)NCc2ccccc2O)c1. The monoisotopic (exact) mass is 268 g/mol. The van der Waals surface area contributed by atoms with Crippen LogP contribution in [0, 0.1) is 0 Å². The van der Waals surface area contributed by atoms with Crippen molar-refractivity contribution in [2.45, 2.75) is 6.54 Å². The largest absolute Gasteiger partial charge is 0.508 e. The minimum atomic E-state index is -0.226. The van der Waals surface area contributed by atoms with Gasteiger partial charge in [-0.2, -0.15) is 0 Å². The zero-order chi connectivity index (χ0) is 14.4. The van der Waals surface area contributed by atoms with Crippen LogP contribution in [0.2, 0.25) is 0 Å². The van der Waals surface area contributed by atoms with E-state index in [2.05, 4.69) is 5.32 Å². The summed E-state index contributed by atoms with van der Waals surface area (Å²) in [4.78, 5) is 11.7. The van der Waals surface area contributed by atoms with Crippen molar-refractivity contribution in [1.29, 1.82) is 0 Å². The molecule has 0 radical (unpaired) electrons. The second kappa shape index (κ2) is 6.43. The Hall–Kier alpha value is -2.75. The number of amides is 1. The molecule has 0 heterocycles. The number of hydrogen-bond acceptors (Lipinski definition) is 3. The Labute approximate surface area is 117 Å². The van der Waals surface area contributed by atoms with Gasteiger partial charge in [0, 0.05) is 23.9 Å². The van der Waals surface area contributed by atoms with Crippen molar-refractivity contribution in [1.82, 2.24) is 5.32 Å². The summed E-state index contributed by atoms with van der Waals surface area (Å²) in [6.07, 6.45) is 3.13. The lowest BCUT2D eigenvalue weighted by molar-refractivity contribution is -0.116. The van der Waals surface area contributed by atoms with Crippen molar-refractivity contribution in [2.24, 2.45) is 0 Å². The highest BCUT2D eigenvalue weighted by molar-refractivity contribution is 5.91. The van der Waals surface area contributed by atoms with Crippen LogP contribution in [0.15, 0.2) is 54.6 Å². The molecule has 102 valence electrons. The van der Waals surface area contributed by atoms with Crippen molar-refractivity contribution >= 4 is 17.7 Å². The normalized spacial score (nSPS) is 10.6. The van der Waals surface area contributed by atoms with Gasteiger partial charge >= 0.3 is 0 Å². The van der Waals surface area contributed by atoms with Crippen LogP contribution in [-0.4, -0.2) is 11.0 Å². The molecule has 2 aromatic rings. The summed E-state index contributed by atoms with van der Waals surface area (Å²) >= 11 is 0. The molecular formula is C16H16N2O2. The third-order valence-corrected chi connectivity index (χ3v) is 2.78. The van der Waals surface area contributed by atoms with E-state index in [0.717, 1.165) is 5.56 Å². The van der Waals surface area contributed by atoms with Gasteiger partial charge in [0.2, 0.25) is 5.91 Å². The quantitative estimate of drug-likeness (QED) is 0.588. The zero-order valence-electron chi connectivity index (χ0n) is 10.9. The summed E-state index contributed by atoms with van der Waals surface area (Å²) in [5.74, 6) is -0.0525. The number of anilines is 1. The Morgan fingerprint density at radius 3 is 2.75 bits per heavy atom. The highest BCUT2D eigenvalue weighted by atomic mass is 16.3. The second-order valence-corrected chi connectivity index (χ2v) is 4.35. The predicted octanol–water partition coefficient (Wildman–Crippen LogP) is 2.30. The first-order valence-electron chi connectivity index (χ1n) is 6.23. The van der Waals surface area contributed by atoms with E-state index in [4.69, 9.17) is 5.73 Å². The number of hydrogen-bond donors (Lipinski definition) is 3. The molecule has 0 bridgehead atoms. The molecule has 4 nitrogen and oxygen atoms in total. The number of nitrogens with two attached hydrogens (primary N) is 1. The number of phenols is 1. The second-order valence-electron chi connectivity index (χ2n) is 4.35. The molecule has 0 aliphatic heterocycles. The summed E-state index contributed by atoms with van der Waals surface area (Å²) in [5.41, 5.74) is 7.85. The van der Waals surface area contributed by atoms with Gasteiger partial charge in [-0.25, -0.2) is 0 Å². The van der Waals surface area contributed by atoms with Gasteiger partial charge in [-0.3, -0.25) is 4.79 Å². The van der Waals surface area contributed by atoms with Crippen molar-refractivity contribution in [2.75, 3.05) is 5.73 Å². The minimum absolute atomic E-state index is 0.174. The molecule has 0 aromatic heterocycles. The molecule has 4 heteroatoms. The number of rotatable bonds is 4. The number of carbonyl (C=O) groups excluding carboxylic acids is 1. The van der Waals surface area contributed by atoms with E-state index < -0.39 is 0 Å². The Morgan fingerprint density at radius 1 is 1.20 bits per heavy atom. The fourth-order valence-corrected chi connectivity index (χ4v) is 1.74. The van der Waals surface area contributed by atoms with Crippen LogP contribution in [0.1, 0.15) is 11.1 Å². The Kier molecular flexibility index (Phi) is 4.39. The molecule has 1 amide bonds. The smallest absolute Gasteiger partial charge is 0.244 e. The number of phenolic OH excluding ortho intramolecular Hbond substituents is 1. The average Bonchev–Trinajstić information content (AvgIpc) is 2.44. The zero-order valence-corrected chi connectivity index (χ0v) is 10.9. The van der Waals surface area contributed by atoms with E-state index >= 15 is 0 Å². The van der Waals surface area contributed by atoms with Gasteiger partial charge < -0.3 is 16.2 Å². The highest BCUT2D eigenvalue weighted by Crippen LogP contribution is 2.14. The summed E-state index contributed by atoms with van der Waals surface area (Å²) in [5, 5.41) is 12.3. The first-order valence-corrected chi connectivity index (χ1v) is 6.23. The van der Waals surface area contributed by atoms with Crippen LogP contribution in [0.5, 0.6) is 5.75 Å². The molecule has 0 atom stereocenters. The Balaban J connectivity index is 1.91. The number of para-hydroxylation sites is 1. The Bertz CT molecular complexity index is 636. The van der Waals surface area contributed by atoms with E-state index in [9.17, 15) is 9.90 Å². The molecule has 0 aliphatic rings. The van der Waals surface area contributed by atoms with Crippen molar-refractivity contribution in [3.8, 4) is 5.75 Å². The summed E-state index contributed by atoms with van der Waals surface area (Å²) in [7, 11) is 0. The molecular weight excluding hydrogens is 252 g/mol. The fraction of sp³-hybridized carbons (Fsp3) is 0.0625. The van der Waals surface area contributed by atoms with Gasteiger partial charge in [-0.05, 0) is 29.8 Å². The maximum atomic E-state index is 11.7. The molecule has 2 rings (SSSR count). The number of carbonyl (C=O) groups is 1. The van der Waals surface area contributed by atoms with Gasteiger partial charge in [-0.1, -0.05) is 30.3 Å². The first-order chi connectivity index (χ1) is 9.65. The number of nitrogen functional groups attached to an aromatic ring is 1. The molecule has 20 heavy (non-hydrogen) atoms. The fourth-order valence-electron chi connectivity index (χ4n) is 1.74. The van der Waals surface area contributed by atoms with Crippen LogP contribution >= 0.6 is 0 Å². The van der Waals surface area contributed by atoms with E-state index in [1.165, 1.54) is 6.08 Å². The number of benzene rings is 2. The highest BCUT2D eigenvalue weighted by Gasteiger charge is 2.01. The van der Waals surface area contributed by atoms with Crippen molar-refractivity contribution in [3.05, 3.63) is 65.7 Å². The van der Waals surface area contributed by atoms with Crippen LogP contribution in [0.25, 0.3) is 6.08 Å². The van der Waals surface area contributed by atoms with E-state index in [1.54, 1.807) is 36.4 Å². The molecule has 4 N–H and O–H groups in total. The van der Waals surface area contributed by atoms with Gasteiger partial charge in [0.1, 0.15) is 5.75 Å². The molecule has 0 fully saturated rings. The molecule has 0 spiro atoms. The van der Waals surface area contributed by atoms with Crippen molar-refractivity contribution in [3.63, 3.8) is 0 Å². The van der Waals surface area contributed by atoms with Crippen molar-refractivity contribution < 1.29 is 9.90 Å². The third kappa shape index (κ3) is 3.88. The molecule has 0 saturated carbocycles. The minimum Gasteiger partial charge on any atom is -0.508 e. The van der Waals surface area contributed by atoms with E-state index in [-0.39, 0.29) is 18.2 Å². The summed E-state index contributed by atoms with van der Waals surface area (Å²) in [6.45, 7) is 0.284. The van der Waals surface area contributed by atoms with E-state index in [0.29, 0.717) is 11.3 Å². The first kappa shape index (κ1) is 13.7. The number of nitrogens with one attached hydrogen (secondary N) is 1. The maximum absolute atomic E-state index is 11.7. The molecule has 0 saturated heterocycles. The van der Waals surface area contributed by atoms with E-state index in [1.807, 2.05) is 18.2 Å². The molecule has 2 aromatic carbocycles. The van der Waals surface area contributed by atoms with Gasteiger partial charge in [0.25, 0.3) is 0 Å². The lowest BCUT2D eigenvalue weighted by Crippen LogP contribution is -2.20. The van der Waals surface area contributed by atoms with Crippen LogP contribution in [-0.2, 0) is 11.3 Å². The van der Waals surface area contributed by atoms with Crippen LogP contribution < -0.4 is 11.1 Å². The van der Waals surface area contributed by atoms with Gasteiger partial charge in [-0.15, -0.1) is 0 Å². The maximum Gasteiger partial charge on any atom is 0.244 e. The predicted molar refractivity (Wildman–Crippen MR) is 79.8 cm³/mol. The van der Waals surface area contributed by atoms with Crippen LogP contribution in [0.4, 0.5) is 5.69 Å². The van der Waals surface area contributed by atoms with Gasteiger partial charge in [0.15, 0.2) is 0 Å². The average molecular weight is 268 g/mol. The van der Waals surface area contributed by atoms with Gasteiger partial charge in [0.05, 0.1) is 0 Å². The number of aromatic hydroxyl groups is 1. The summed E-state index contributed by atoms with van der Waals surface area (Å²) < 4.78 is 0. The lowest BCUT2D eigenvalue weighted by atomic mass is 10.2. The summed E-state index contributed by atoms with van der Waals surface area (Å²) in [6, 6.07) is 14.2. The Morgan fingerprint density at radius 2 is 2.00 bits per heavy atom. The standard InChI is InChI=1S/C16H16N2O2/c17-14-6-3-4-12(10-14)8-9-16(20)18-11-13-5-1-2-7-15(13)19/h1-10,19H,11,17H2,(H,18,20)/b9-8+. The van der Waals surface area contributed by atoms with Crippen LogP contribution in [0.3, 0.4) is 0 Å². The topological polar surface area (TPSA) is 75.4 Å². The molecule has 0 unspecified atom stereocenters. The molecule has 0 aliphatic carbocycles. The lowest BCUT2D eigenvalue weighted by Gasteiger charge is -2.04.